The van der Waals surface area contributed by atoms with Gasteiger partial charge in [0.2, 0.25) is 0 Å². The summed E-state index contributed by atoms with van der Waals surface area (Å²) in [6, 6.07) is 6.23. The molecule has 158 valence electrons. The Morgan fingerprint density at radius 2 is 2.07 bits per heavy atom. The largest absolute Gasteiger partial charge is 0.505 e. The number of hydrogen-bond donors (Lipinski definition) is 2. The highest BCUT2D eigenvalue weighted by molar-refractivity contribution is 6.01. The highest BCUT2D eigenvalue weighted by Crippen LogP contribution is 2.26. The van der Waals surface area contributed by atoms with Crippen molar-refractivity contribution in [2.75, 3.05) is 13.7 Å². The quantitative estimate of drug-likeness (QED) is 0.621. The van der Waals surface area contributed by atoms with E-state index in [2.05, 4.69) is 10.3 Å². The Kier molecular flexibility index (Phi) is 6.47. The Bertz CT molecular complexity index is 1160. The van der Waals surface area contributed by atoms with Gasteiger partial charge in [0.25, 0.3) is 11.5 Å². The second-order valence-corrected chi connectivity index (χ2v) is 7.08. The van der Waals surface area contributed by atoms with Crippen molar-refractivity contribution in [1.29, 1.82) is 0 Å². The fourth-order valence-corrected chi connectivity index (χ4v) is 3.33. The van der Waals surface area contributed by atoms with Crippen molar-refractivity contribution in [3.05, 3.63) is 68.9 Å². The lowest BCUT2D eigenvalue weighted by Gasteiger charge is -2.13. The number of ether oxygens (including phenoxy) is 1. The molecule has 0 saturated carbocycles. The third-order valence-electron chi connectivity index (χ3n) is 4.89. The van der Waals surface area contributed by atoms with Crippen LogP contribution in [0, 0.1) is 5.82 Å². The molecule has 0 bridgehead atoms. The predicted octanol–water partition coefficient (Wildman–Crippen LogP) is 2.66. The van der Waals surface area contributed by atoms with Crippen molar-refractivity contribution < 1.29 is 19.0 Å². The number of methoxy groups -OCH3 is 1. The maximum Gasteiger partial charge on any atom is 0.267 e. The Hall–Kier alpha value is -3.26. The van der Waals surface area contributed by atoms with Gasteiger partial charge < -0.3 is 19.7 Å². The SMILES string of the molecule is CCCNC(=O)c1c(O)c2ncc(Cc3ccc(F)cc3COC)cc2n(C)c1=O. The maximum absolute atomic E-state index is 13.6. The first kappa shape index (κ1) is 21.4. The minimum Gasteiger partial charge on any atom is -0.505 e. The van der Waals surface area contributed by atoms with Gasteiger partial charge in [0.15, 0.2) is 5.75 Å². The van der Waals surface area contributed by atoms with Crippen molar-refractivity contribution in [3.8, 4) is 5.75 Å². The van der Waals surface area contributed by atoms with Crippen LogP contribution in [0.4, 0.5) is 4.39 Å². The highest BCUT2D eigenvalue weighted by Gasteiger charge is 2.22. The van der Waals surface area contributed by atoms with Gasteiger partial charge in [0.05, 0.1) is 12.1 Å². The van der Waals surface area contributed by atoms with Crippen LogP contribution >= 0.6 is 0 Å². The third-order valence-corrected chi connectivity index (χ3v) is 4.89. The summed E-state index contributed by atoms with van der Waals surface area (Å²) in [5.74, 6) is -1.41. The van der Waals surface area contributed by atoms with Crippen molar-refractivity contribution in [2.45, 2.75) is 26.4 Å². The van der Waals surface area contributed by atoms with Crippen LogP contribution < -0.4 is 10.9 Å². The van der Waals surface area contributed by atoms with Gasteiger partial charge in [-0.15, -0.1) is 0 Å². The number of aromatic nitrogens is 2. The van der Waals surface area contributed by atoms with Crippen LogP contribution in [-0.2, 0) is 24.8 Å². The van der Waals surface area contributed by atoms with Gasteiger partial charge in [-0.25, -0.2) is 4.39 Å². The van der Waals surface area contributed by atoms with E-state index in [9.17, 15) is 19.1 Å². The number of pyridine rings is 2. The Balaban J connectivity index is 2.05. The van der Waals surface area contributed by atoms with Gasteiger partial charge in [0.1, 0.15) is 16.9 Å². The van der Waals surface area contributed by atoms with E-state index in [-0.39, 0.29) is 23.5 Å². The van der Waals surface area contributed by atoms with E-state index in [1.807, 2.05) is 6.92 Å². The number of rotatable bonds is 7. The van der Waals surface area contributed by atoms with E-state index in [4.69, 9.17) is 4.74 Å². The summed E-state index contributed by atoms with van der Waals surface area (Å²) in [5.41, 5.74) is 2.00. The third kappa shape index (κ3) is 4.18. The highest BCUT2D eigenvalue weighted by atomic mass is 19.1. The number of halogens is 1. The van der Waals surface area contributed by atoms with Crippen molar-refractivity contribution in [1.82, 2.24) is 14.9 Å². The van der Waals surface area contributed by atoms with E-state index in [1.54, 1.807) is 25.4 Å². The summed E-state index contributed by atoms with van der Waals surface area (Å²) in [7, 11) is 3.07. The van der Waals surface area contributed by atoms with Gasteiger partial charge in [-0.2, -0.15) is 0 Å². The molecule has 3 aromatic rings. The van der Waals surface area contributed by atoms with Crippen molar-refractivity contribution in [2.24, 2.45) is 7.05 Å². The number of amides is 1. The fraction of sp³-hybridized carbons (Fsp3) is 0.318. The zero-order chi connectivity index (χ0) is 21.8. The molecule has 0 radical (unpaired) electrons. The van der Waals surface area contributed by atoms with E-state index >= 15 is 0 Å². The standard InChI is InChI=1S/C22H24FN3O4/c1-4-7-24-21(28)18-20(27)19-17(26(2)22(18)29)9-13(11-25-19)8-14-5-6-16(23)10-15(14)12-30-3/h5-6,9-11,27H,4,7-8,12H2,1-3H3,(H,24,28). The van der Waals surface area contributed by atoms with Crippen LogP contribution in [0.25, 0.3) is 11.0 Å². The minimum absolute atomic E-state index is 0.165. The minimum atomic E-state index is -0.627. The van der Waals surface area contributed by atoms with Crippen LogP contribution in [0.15, 0.2) is 35.3 Å². The molecule has 0 fully saturated rings. The van der Waals surface area contributed by atoms with E-state index in [0.29, 0.717) is 24.9 Å². The van der Waals surface area contributed by atoms with Crippen LogP contribution in [0.2, 0.25) is 0 Å². The Morgan fingerprint density at radius 1 is 1.30 bits per heavy atom. The van der Waals surface area contributed by atoms with Crippen LogP contribution in [-0.4, -0.2) is 34.2 Å². The average molecular weight is 413 g/mol. The molecule has 0 aliphatic rings. The number of fused-ring (bicyclic) bond motifs is 1. The lowest BCUT2D eigenvalue weighted by Crippen LogP contribution is -2.33. The smallest absolute Gasteiger partial charge is 0.267 e. The molecule has 2 N–H and O–H groups in total. The molecule has 2 heterocycles. The number of hydrogen-bond acceptors (Lipinski definition) is 5. The maximum atomic E-state index is 13.6. The second kappa shape index (κ2) is 9.04. The number of carbonyl (C=O) groups is 1. The van der Waals surface area contributed by atoms with Crippen LogP contribution in [0.3, 0.4) is 0 Å². The first-order chi connectivity index (χ1) is 14.4. The molecular weight excluding hydrogens is 389 g/mol. The zero-order valence-corrected chi connectivity index (χ0v) is 17.2. The molecule has 1 amide bonds. The van der Waals surface area contributed by atoms with Gasteiger partial charge in [-0.1, -0.05) is 13.0 Å². The van der Waals surface area contributed by atoms with E-state index in [1.165, 1.54) is 23.7 Å². The number of nitrogens with zero attached hydrogens (tertiary/aromatic N) is 2. The summed E-state index contributed by atoms with van der Waals surface area (Å²) in [4.78, 5) is 29.3. The monoisotopic (exact) mass is 413 g/mol. The molecule has 0 saturated heterocycles. The molecule has 0 aliphatic carbocycles. The lowest BCUT2D eigenvalue weighted by molar-refractivity contribution is 0.0949. The van der Waals surface area contributed by atoms with Crippen molar-refractivity contribution >= 4 is 16.9 Å². The molecule has 30 heavy (non-hydrogen) atoms. The molecule has 2 aromatic heterocycles. The first-order valence-corrected chi connectivity index (χ1v) is 9.62. The van der Waals surface area contributed by atoms with Crippen molar-refractivity contribution in [3.63, 3.8) is 0 Å². The van der Waals surface area contributed by atoms with Gasteiger partial charge in [0, 0.05) is 26.9 Å². The number of aryl methyl sites for hydroxylation is 1. The predicted molar refractivity (Wildman–Crippen MR) is 111 cm³/mol. The summed E-state index contributed by atoms with van der Waals surface area (Å²) >= 11 is 0. The number of nitrogens with one attached hydrogen (secondary N) is 1. The summed E-state index contributed by atoms with van der Waals surface area (Å²) < 4.78 is 20.0. The molecule has 0 spiro atoms. The summed E-state index contributed by atoms with van der Waals surface area (Å²) in [6.45, 7) is 2.55. The first-order valence-electron chi connectivity index (χ1n) is 9.62. The zero-order valence-electron chi connectivity index (χ0n) is 17.2. The van der Waals surface area contributed by atoms with E-state index in [0.717, 1.165) is 16.7 Å². The molecule has 8 heteroatoms. The topological polar surface area (TPSA) is 93.4 Å². The molecule has 0 aliphatic heterocycles. The molecule has 1 aromatic carbocycles. The Morgan fingerprint density at radius 3 is 2.77 bits per heavy atom. The van der Waals surface area contributed by atoms with Gasteiger partial charge >= 0.3 is 0 Å². The molecular formula is C22H24FN3O4. The summed E-state index contributed by atoms with van der Waals surface area (Å²) in [5, 5.41) is 13.2. The van der Waals surface area contributed by atoms with Gasteiger partial charge in [-0.05, 0) is 47.7 Å². The lowest BCUT2D eigenvalue weighted by atomic mass is 10.0. The fourth-order valence-electron chi connectivity index (χ4n) is 3.33. The number of aromatic hydroxyl groups is 1. The van der Waals surface area contributed by atoms with Crippen LogP contribution in [0.1, 0.15) is 40.4 Å². The van der Waals surface area contributed by atoms with E-state index < -0.39 is 17.2 Å². The molecule has 0 atom stereocenters. The number of carbonyl (C=O) groups excluding carboxylic acids is 1. The van der Waals surface area contributed by atoms with Crippen LogP contribution in [0.5, 0.6) is 5.75 Å². The van der Waals surface area contributed by atoms with Gasteiger partial charge in [-0.3, -0.25) is 14.6 Å². The number of benzene rings is 1. The average Bonchev–Trinajstić information content (AvgIpc) is 2.73. The second-order valence-electron chi connectivity index (χ2n) is 7.08. The normalized spacial score (nSPS) is 11.1. The molecule has 7 nitrogen and oxygen atoms in total. The summed E-state index contributed by atoms with van der Waals surface area (Å²) in [6.07, 6.45) is 2.71. The Labute approximate surface area is 173 Å². The molecule has 3 rings (SSSR count). The molecule has 0 unspecified atom stereocenters.